The van der Waals surface area contributed by atoms with E-state index in [9.17, 15) is 4.79 Å². The van der Waals surface area contributed by atoms with E-state index in [1.807, 2.05) is 12.1 Å². The smallest absolute Gasteiger partial charge is 0.335 e. The van der Waals surface area contributed by atoms with Gasteiger partial charge in [-0.05, 0) is 44.6 Å². The van der Waals surface area contributed by atoms with Gasteiger partial charge in [-0.2, -0.15) is 0 Å². The molecule has 4 nitrogen and oxygen atoms in total. The molecule has 0 amide bonds. The molecule has 20 heavy (non-hydrogen) atoms. The third-order valence-electron chi connectivity index (χ3n) is 3.33. The van der Waals surface area contributed by atoms with Crippen molar-refractivity contribution in [2.24, 2.45) is 0 Å². The number of likely N-dealkylation sites (N-methyl/N-ethyl adjacent to an activating group) is 1. The Morgan fingerprint density at radius 1 is 1.35 bits per heavy atom. The van der Waals surface area contributed by atoms with E-state index >= 15 is 0 Å². The molecule has 0 heterocycles. The van der Waals surface area contributed by atoms with Crippen LogP contribution in [0.5, 0.6) is 0 Å². The van der Waals surface area contributed by atoms with Crippen LogP contribution in [0.25, 0.3) is 0 Å². The SMILES string of the molecule is CCCCN(C)CC(C)NCc1ccc(C(=O)O)cc1. The molecule has 0 saturated heterocycles. The first kappa shape index (κ1) is 16.7. The molecule has 1 unspecified atom stereocenters. The van der Waals surface area contributed by atoms with Crippen LogP contribution in [0.1, 0.15) is 42.6 Å². The predicted octanol–water partition coefficient (Wildman–Crippen LogP) is 2.59. The van der Waals surface area contributed by atoms with Gasteiger partial charge in [-0.15, -0.1) is 0 Å². The lowest BCUT2D eigenvalue weighted by Crippen LogP contribution is -2.37. The van der Waals surface area contributed by atoms with Crippen LogP contribution in [0.15, 0.2) is 24.3 Å². The number of hydrogen-bond donors (Lipinski definition) is 2. The largest absolute Gasteiger partial charge is 0.478 e. The van der Waals surface area contributed by atoms with Crippen molar-refractivity contribution in [3.8, 4) is 0 Å². The Labute approximate surface area is 121 Å². The topological polar surface area (TPSA) is 52.6 Å². The molecule has 1 aromatic carbocycles. The lowest BCUT2D eigenvalue weighted by Gasteiger charge is -2.22. The molecule has 0 aliphatic carbocycles. The molecular formula is C16H26N2O2. The molecule has 0 aromatic heterocycles. The number of unbranched alkanes of at least 4 members (excludes halogenated alkanes) is 1. The van der Waals surface area contributed by atoms with Gasteiger partial charge < -0.3 is 15.3 Å². The summed E-state index contributed by atoms with van der Waals surface area (Å²) in [6.07, 6.45) is 2.46. The zero-order chi connectivity index (χ0) is 15.0. The summed E-state index contributed by atoms with van der Waals surface area (Å²) in [5, 5.41) is 12.3. The van der Waals surface area contributed by atoms with Gasteiger partial charge >= 0.3 is 5.97 Å². The van der Waals surface area contributed by atoms with Crippen molar-refractivity contribution in [3.63, 3.8) is 0 Å². The van der Waals surface area contributed by atoms with Gasteiger partial charge in [-0.3, -0.25) is 0 Å². The maximum atomic E-state index is 10.8. The van der Waals surface area contributed by atoms with Crippen molar-refractivity contribution < 1.29 is 9.90 Å². The van der Waals surface area contributed by atoms with Crippen LogP contribution in [-0.2, 0) is 6.54 Å². The Hall–Kier alpha value is -1.39. The molecule has 1 atom stereocenters. The number of carboxylic acid groups (broad SMARTS) is 1. The summed E-state index contributed by atoms with van der Waals surface area (Å²) in [7, 11) is 2.15. The van der Waals surface area contributed by atoms with E-state index in [2.05, 4.69) is 31.1 Å². The highest BCUT2D eigenvalue weighted by Crippen LogP contribution is 2.05. The fourth-order valence-corrected chi connectivity index (χ4v) is 2.11. The zero-order valence-corrected chi connectivity index (χ0v) is 12.7. The molecule has 1 rings (SSSR count). The van der Waals surface area contributed by atoms with Gasteiger partial charge in [-0.25, -0.2) is 4.79 Å². The maximum Gasteiger partial charge on any atom is 0.335 e. The van der Waals surface area contributed by atoms with Gasteiger partial charge in [0, 0.05) is 19.1 Å². The van der Waals surface area contributed by atoms with Crippen LogP contribution >= 0.6 is 0 Å². The van der Waals surface area contributed by atoms with Crippen molar-refractivity contribution in [2.45, 2.75) is 39.3 Å². The number of benzene rings is 1. The molecule has 4 heteroatoms. The molecule has 2 N–H and O–H groups in total. The third kappa shape index (κ3) is 6.17. The number of carbonyl (C=O) groups is 1. The minimum Gasteiger partial charge on any atom is -0.478 e. The minimum atomic E-state index is -0.879. The van der Waals surface area contributed by atoms with Gasteiger partial charge in [0.25, 0.3) is 0 Å². The maximum absolute atomic E-state index is 10.8. The average Bonchev–Trinajstić information content (AvgIpc) is 2.43. The number of rotatable bonds is 9. The second kappa shape index (κ2) is 8.72. The molecule has 0 radical (unpaired) electrons. The number of hydrogen-bond acceptors (Lipinski definition) is 3. The van der Waals surface area contributed by atoms with Gasteiger partial charge in [0.15, 0.2) is 0 Å². The van der Waals surface area contributed by atoms with Crippen molar-refractivity contribution in [3.05, 3.63) is 35.4 Å². The normalized spacial score (nSPS) is 12.6. The molecule has 0 saturated carbocycles. The Kier molecular flexibility index (Phi) is 7.26. The Morgan fingerprint density at radius 3 is 2.55 bits per heavy atom. The molecule has 0 spiro atoms. The molecule has 0 bridgehead atoms. The summed E-state index contributed by atoms with van der Waals surface area (Å²) in [6.45, 7) is 7.30. The van der Waals surface area contributed by atoms with E-state index in [1.165, 1.54) is 12.8 Å². The van der Waals surface area contributed by atoms with E-state index in [0.717, 1.165) is 25.2 Å². The van der Waals surface area contributed by atoms with Gasteiger partial charge in [-0.1, -0.05) is 25.5 Å². The van der Waals surface area contributed by atoms with Crippen molar-refractivity contribution in [1.29, 1.82) is 0 Å². The average molecular weight is 278 g/mol. The monoisotopic (exact) mass is 278 g/mol. The highest BCUT2D eigenvalue weighted by atomic mass is 16.4. The summed E-state index contributed by atoms with van der Waals surface area (Å²) < 4.78 is 0. The van der Waals surface area contributed by atoms with Gasteiger partial charge in [0.1, 0.15) is 0 Å². The van der Waals surface area contributed by atoms with Crippen LogP contribution < -0.4 is 5.32 Å². The quantitative estimate of drug-likeness (QED) is 0.729. The first-order valence-corrected chi connectivity index (χ1v) is 7.27. The molecular weight excluding hydrogens is 252 g/mol. The highest BCUT2D eigenvalue weighted by molar-refractivity contribution is 5.87. The third-order valence-corrected chi connectivity index (χ3v) is 3.33. The van der Waals surface area contributed by atoms with Crippen LogP contribution in [0.2, 0.25) is 0 Å². The van der Waals surface area contributed by atoms with Crippen molar-refractivity contribution >= 4 is 5.97 Å². The summed E-state index contributed by atoms with van der Waals surface area (Å²) in [5.41, 5.74) is 1.44. The van der Waals surface area contributed by atoms with Gasteiger partial charge in [0.2, 0.25) is 0 Å². The van der Waals surface area contributed by atoms with Crippen molar-refractivity contribution in [2.75, 3.05) is 20.1 Å². The minimum absolute atomic E-state index is 0.334. The molecule has 0 aliphatic rings. The van der Waals surface area contributed by atoms with Crippen LogP contribution in [0.4, 0.5) is 0 Å². The first-order valence-electron chi connectivity index (χ1n) is 7.27. The fourth-order valence-electron chi connectivity index (χ4n) is 2.11. The van der Waals surface area contributed by atoms with E-state index < -0.39 is 5.97 Å². The number of nitrogens with zero attached hydrogens (tertiary/aromatic N) is 1. The lowest BCUT2D eigenvalue weighted by molar-refractivity contribution is 0.0697. The molecule has 0 aliphatic heterocycles. The summed E-state index contributed by atoms with van der Waals surface area (Å²) >= 11 is 0. The second-order valence-electron chi connectivity index (χ2n) is 5.40. The first-order chi connectivity index (χ1) is 9.52. The van der Waals surface area contributed by atoms with E-state index in [-0.39, 0.29) is 0 Å². The standard InChI is InChI=1S/C16H26N2O2/c1-4-5-10-18(3)12-13(2)17-11-14-6-8-15(9-7-14)16(19)20/h6-9,13,17H,4-5,10-12H2,1-3H3,(H,19,20). The molecule has 112 valence electrons. The van der Waals surface area contributed by atoms with Crippen LogP contribution in [0, 0.1) is 0 Å². The van der Waals surface area contributed by atoms with E-state index in [0.29, 0.717) is 11.6 Å². The van der Waals surface area contributed by atoms with Crippen LogP contribution in [0.3, 0.4) is 0 Å². The van der Waals surface area contributed by atoms with Crippen molar-refractivity contribution in [1.82, 2.24) is 10.2 Å². The molecule has 1 aromatic rings. The van der Waals surface area contributed by atoms with Gasteiger partial charge in [0.05, 0.1) is 5.56 Å². The highest BCUT2D eigenvalue weighted by Gasteiger charge is 2.06. The van der Waals surface area contributed by atoms with E-state index in [4.69, 9.17) is 5.11 Å². The number of nitrogens with one attached hydrogen (secondary N) is 1. The number of aromatic carboxylic acids is 1. The predicted molar refractivity (Wildman–Crippen MR) is 82.1 cm³/mol. The van der Waals surface area contributed by atoms with Crippen LogP contribution in [-0.4, -0.2) is 42.2 Å². The summed E-state index contributed by atoms with van der Waals surface area (Å²) in [4.78, 5) is 13.1. The Morgan fingerprint density at radius 2 is 2.00 bits per heavy atom. The zero-order valence-electron chi connectivity index (χ0n) is 12.7. The lowest BCUT2D eigenvalue weighted by atomic mass is 10.1. The second-order valence-corrected chi connectivity index (χ2v) is 5.40. The Balaban J connectivity index is 2.33. The summed E-state index contributed by atoms with van der Waals surface area (Å²) in [6, 6.07) is 7.44. The van der Waals surface area contributed by atoms with E-state index in [1.54, 1.807) is 12.1 Å². The molecule has 0 fully saturated rings. The Bertz CT molecular complexity index is 403. The fraction of sp³-hybridized carbons (Fsp3) is 0.562. The summed E-state index contributed by atoms with van der Waals surface area (Å²) in [5.74, 6) is -0.879. The number of carboxylic acids is 1.